The summed E-state index contributed by atoms with van der Waals surface area (Å²) in [5.74, 6) is 0.392. The van der Waals surface area contributed by atoms with Crippen molar-refractivity contribution < 1.29 is 18.7 Å². The highest BCUT2D eigenvalue weighted by Crippen LogP contribution is 2.32. The first-order chi connectivity index (χ1) is 14.6. The highest BCUT2D eigenvalue weighted by atomic mass is 32.2. The second-order valence-corrected chi connectivity index (χ2v) is 7.61. The van der Waals surface area contributed by atoms with E-state index in [-0.39, 0.29) is 30.2 Å². The molecule has 8 nitrogen and oxygen atoms in total. The summed E-state index contributed by atoms with van der Waals surface area (Å²) >= 11 is 1.65. The molecule has 9 heteroatoms. The maximum atomic E-state index is 12.5. The van der Waals surface area contributed by atoms with Gasteiger partial charge in [0.2, 0.25) is 11.8 Å². The number of carbonyl (C=O) groups is 2. The van der Waals surface area contributed by atoms with Crippen molar-refractivity contribution in [3.63, 3.8) is 0 Å². The minimum atomic E-state index is -0.370. The SMILES string of the molecule is COc1ccc(C(=O)Nc2nnc([C@H]3CC(=O)N(c4ccc(SC)cc4)C3)o2)cc1. The molecule has 1 aliphatic heterocycles. The predicted molar refractivity (Wildman–Crippen MR) is 113 cm³/mol. The van der Waals surface area contributed by atoms with Crippen LogP contribution >= 0.6 is 11.8 Å². The number of rotatable bonds is 6. The average Bonchev–Trinajstić information content (AvgIpc) is 3.40. The van der Waals surface area contributed by atoms with Crippen LogP contribution in [-0.2, 0) is 4.79 Å². The Labute approximate surface area is 177 Å². The van der Waals surface area contributed by atoms with Gasteiger partial charge in [0.25, 0.3) is 5.91 Å². The first-order valence-corrected chi connectivity index (χ1v) is 10.5. The summed E-state index contributed by atoms with van der Waals surface area (Å²) in [6.07, 6.45) is 2.28. The molecule has 2 aromatic carbocycles. The van der Waals surface area contributed by atoms with Crippen LogP contribution in [0.4, 0.5) is 11.7 Å². The molecule has 0 unspecified atom stereocenters. The van der Waals surface area contributed by atoms with Gasteiger partial charge in [0.1, 0.15) is 5.75 Å². The molecule has 1 N–H and O–H groups in total. The number of aromatic nitrogens is 2. The zero-order valence-electron chi connectivity index (χ0n) is 16.5. The number of hydrogen-bond donors (Lipinski definition) is 1. The zero-order valence-corrected chi connectivity index (χ0v) is 17.3. The lowest BCUT2D eigenvalue weighted by Crippen LogP contribution is -2.24. The van der Waals surface area contributed by atoms with Gasteiger partial charge < -0.3 is 14.1 Å². The Hall–Kier alpha value is -3.33. The van der Waals surface area contributed by atoms with Crippen LogP contribution in [0.2, 0.25) is 0 Å². The number of nitrogens with zero attached hydrogens (tertiary/aromatic N) is 3. The van der Waals surface area contributed by atoms with Gasteiger partial charge in [-0.2, -0.15) is 0 Å². The van der Waals surface area contributed by atoms with Gasteiger partial charge in [-0.1, -0.05) is 5.10 Å². The Balaban J connectivity index is 1.42. The van der Waals surface area contributed by atoms with E-state index in [0.29, 0.717) is 23.7 Å². The van der Waals surface area contributed by atoms with Crippen molar-refractivity contribution >= 4 is 35.3 Å². The highest BCUT2D eigenvalue weighted by Gasteiger charge is 2.35. The second-order valence-electron chi connectivity index (χ2n) is 6.73. The van der Waals surface area contributed by atoms with Gasteiger partial charge in [0.05, 0.1) is 13.0 Å². The Morgan fingerprint density at radius 1 is 1.17 bits per heavy atom. The zero-order chi connectivity index (χ0) is 21.1. The lowest BCUT2D eigenvalue weighted by molar-refractivity contribution is -0.117. The van der Waals surface area contributed by atoms with E-state index in [0.717, 1.165) is 10.6 Å². The van der Waals surface area contributed by atoms with E-state index in [4.69, 9.17) is 9.15 Å². The number of thioether (sulfide) groups is 1. The fraction of sp³-hybridized carbons (Fsp3) is 0.238. The summed E-state index contributed by atoms with van der Waals surface area (Å²) in [7, 11) is 1.56. The van der Waals surface area contributed by atoms with Crippen LogP contribution in [0.15, 0.2) is 57.8 Å². The van der Waals surface area contributed by atoms with Gasteiger partial charge >= 0.3 is 6.01 Å². The van der Waals surface area contributed by atoms with Crippen molar-refractivity contribution in [2.45, 2.75) is 17.2 Å². The monoisotopic (exact) mass is 424 g/mol. The van der Waals surface area contributed by atoms with E-state index in [1.54, 1.807) is 48.0 Å². The molecule has 1 aliphatic rings. The molecular formula is C21H20N4O4S. The minimum Gasteiger partial charge on any atom is -0.497 e. The van der Waals surface area contributed by atoms with Crippen LogP contribution in [0.3, 0.4) is 0 Å². The summed E-state index contributed by atoms with van der Waals surface area (Å²) in [6, 6.07) is 14.5. The highest BCUT2D eigenvalue weighted by molar-refractivity contribution is 7.98. The van der Waals surface area contributed by atoms with E-state index in [1.807, 2.05) is 30.5 Å². The van der Waals surface area contributed by atoms with Gasteiger partial charge in [-0.3, -0.25) is 14.9 Å². The molecule has 0 aliphatic carbocycles. The van der Waals surface area contributed by atoms with E-state index >= 15 is 0 Å². The smallest absolute Gasteiger partial charge is 0.322 e. The molecule has 2 amide bonds. The fourth-order valence-electron chi connectivity index (χ4n) is 3.25. The van der Waals surface area contributed by atoms with Crippen molar-refractivity contribution in [1.29, 1.82) is 0 Å². The second kappa shape index (κ2) is 8.58. The van der Waals surface area contributed by atoms with Crippen molar-refractivity contribution in [3.8, 4) is 5.75 Å². The number of ether oxygens (including phenoxy) is 1. The summed E-state index contributed by atoms with van der Waals surface area (Å²) < 4.78 is 10.7. The number of carbonyl (C=O) groups excluding carboxylic acids is 2. The summed E-state index contributed by atoms with van der Waals surface area (Å²) in [5.41, 5.74) is 1.28. The number of methoxy groups -OCH3 is 1. The van der Waals surface area contributed by atoms with E-state index in [1.165, 1.54) is 0 Å². The van der Waals surface area contributed by atoms with Crippen molar-refractivity contribution in [3.05, 3.63) is 60.0 Å². The third kappa shape index (κ3) is 4.16. The maximum absolute atomic E-state index is 12.5. The average molecular weight is 424 g/mol. The topological polar surface area (TPSA) is 97.6 Å². The number of benzene rings is 2. The Morgan fingerprint density at radius 3 is 2.57 bits per heavy atom. The molecule has 3 aromatic rings. The third-order valence-corrected chi connectivity index (χ3v) is 5.62. The van der Waals surface area contributed by atoms with E-state index < -0.39 is 0 Å². The van der Waals surface area contributed by atoms with Gasteiger partial charge in [0, 0.05) is 29.1 Å². The lowest BCUT2D eigenvalue weighted by Gasteiger charge is -2.16. The van der Waals surface area contributed by atoms with Crippen LogP contribution < -0.4 is 15.0 Å². The number of anilines is 2. The van der Waals surface area contributed by atoms with Gasteiger partial charge in [-0.05, 0) is 54.8 Å². The molecule has 0 spiro atoms. The lowest BCUT2D eigenvalue weighted by atomic mass is 10.1. The molecular weight excluding hydrogens is 404 g/mol. The summed E-state index contributed by atoms with van der Waals surface area (Å²) in [4.78, 5) is 27.7. The summed E-state index contributed by atoms with van der Waals surface area (Å²) in [6.45, 7) is 0.450. The molecule has 1 aromatic heterocycles. The molecule has 0 saturated carbocycles. The van der Waals surface area contributed by atoms with Crippen LogP contribution in [0.25, 0.3) is 0 Å². The minimum absolute atomic E-state index is 0.000963. The van der Waals surface area contributed by atoms with Crippen molar-refractivity contribution in [1.82, 2.24) is 10.2 Å². The molecule has 0 bridgehead atoms. The molecule has 1 saturated heterocycles. The van der Waals surface area contributed by atoms with E-state index in [9.17, 15) is 9.59 Å². The predicted octanol–water partition coefficient (Wildman–Crippen LogP) is 3.57. The largest absolute Gasteiger partial charge is 0.497 e. The standard InChI is InChI=1S/C21H20N4O4S/c1-28-16-7-3-13(4-8-16)19(27)22-21-24-23-20(29-21)14-11-18(26)25(12-14)15-5-9-17(30-2)10-6-15/h3-10,14H,11-12H2,1-2H3,(H,22,24,27)/t14-/m0/s1. The van der Waals surface area contributed by atoms with E-state index in [2.05, 4.69) is 15.5 Å². The molecule has 2 heterocycles. The molecule has 0 radical (unpaired) electrons. The summed E-state index contributed by atoms with van der Waals surface area (Å²) in [5, 5.41) is 10.5. The first kappa shape index (κ1) is 20.0. The van der Waals surface area contributed by atoms with Crippen LogP contribution in [0, 0.1) is 0 Å². The van der Waals surface area contributed by atoms with Gasteiger partial charge in [0.15, 0.2) is 0 Å². The first-order valence-electron chi connectivity index (χ1n) is 9.30. The maximum Gasteiger partial charge on any atom is 0.322 e. The number of nitrogens with one attached hydrogen (secondary N) is 1. The van der Waals surface area contributed by atoms with Gasteiger partial charge in [-0.15, -0.1) is 16.9 Å². The molecule has 1 fully saturated rings. The van der Waals surface area contributed by atoms with Crippen LogP contribution in [0.1, 0.15) is 28.6 Å². The Kier molecular flexibility index (Phi) is 5.71. The number of amides is 2. The van der Waals surface area contributed by atoms with Crippen molar-refractivity contribution in [2.24, 2.45) is 0 Å². The fourth-order valence-corrected chi connectivity index (χ4v) is 3.65. The number of hydrogen-bond acceptors (Lipinski definition) is 7. The molecule has 4 rings (SSSR count). The van der Waals surface area contributed by atoms with Crippen LogP contribution in [0.5, 0.6) is 5.75 Å². The van der Waals surface area contributed by atoms with Crippen molar-refractivity contribution in [2.75, 3.05) is 30.1 Å². The van der Waals surface area contributed by atoms with Gasteiger partial charge in [-0.25, -0.2) is 0 Å². The third-order valence-electron chi connectivity index (χ3n) is 4.87. The molecule has 1 atom stereocenters. The molecule has 30 heavy (non-hydrogen) atoms. The van der Waals surface area contributed by atoms with Crippen LogP contribution in [-0.4, -0.2) is 41.9 Å². The Morgan fingerprint density at radius 2 is 1.90 bits per heavy atom. The quantitative estimate of drug-likeness (QED) is 0.604. The normalized spacial score (nSPS) is 16.0. The molecule has 154 valence electrons. The Bertz CT molecular complexity index is 1050.